The fourth-order valence-corrected chi connectivity index (χ4v) is 1.93. The van der Waals surface area contributed by atoms with Crippen LogP contribution in [0.15, 0.2) is 42.6 Å². The van der Waals surface area contributed by atoms with Crippen molar-refractivity contribution in [3.63, 3.8) is 0 Å². The number of benzene rings is 1. The topological polar surface area (TPSA) is 85.1 Å². The fourth-order valence-electron chi connectivity index (χ4n) is 1.93. The lowest BCUT2D eigenvalue weighted by Crippen LogP contribution is -2.27. The highest BCUT2D eigenvalue weighted by Crippen LogP contribution is 2.20. The van der Waals surface area contributed by atoms with Gasteiger partial charge in [-0.2, -0.15) is 0 Å². The number of nitro groups is 1. The van der Waals surface area contributed by atoms with E-state index in [2.05, 4.69) is 10.3 Å². The Morgan fingerprint density at radius 1 is 1.33 bits per heavy atom. The molecular weight excluding hydrogens is 270 g/mol. The van der Waals surface area contributed by atoms with Gasteiger partial charge in [0, 0.05) is 23.4 Å². The summed E-state index contributed by atoms with van der Waals surface area (Å²) in [5.74, 6) is -0.365. The molecule has 6 heteroatoms. The first kappa shape index (κ1) is 14.6. The molecule has 2 rings (SSSR count). The van der Waals surface area contributed by atoms with E-state index >= 15 is 0 Å². The zero-order chi connectivity index (χ0) is 15.4. The Bertz CT molecular complexity index is 671. The van der Waals surface area contributed by atoms with Crippen LogP contribution in [0.1, 0.15) is 34.6 Å². The number of aryl methyl sites for hydroxylation is 1. The smallest absolute Gasteiger partial charge is 0.273 e. The Balaban J connectivity index is 2.17. The van der Waals surface area contributed by atoms with E-state index in [0.29, 0.717) is 5.56 Å². The summed E-state index contributed by atoms with van der Waals surface area (Å²) in [6.07, 6.45) is 1.65. The number of nitrogens with zero attached hydrogens (tertiary/aromatic N) is 2. The second-order valence-corrected chi connectivity index (χ2v) is 4.71. The van der Waals surface area contributed by atoms with E-state index in [4.69, 9.17) is 0 Å². The second-order valence-electron chi connectivity index (χ2n) is 4.71. The minimum atomic E-state index is -0.492. The maximum atomic E-state index is 12.2. The van der Waals surface area contributed by atoms with E-state index in [1.807, 2.05) is 19.1 Å². The summed E-state index contributed by atoms with van der Waals surface area (Å²) in [5, 5.41) is 13.7. The molecule has 0 saturated heterocycles. The molecule has 0 radical (unpaired) electrons. The summed E-state index contributed by atoms with van der Waals surface area (Å²) in [4.78, 5) is 26.7. The van der Waals surface area contributed by atoms with Crippen LogP contribution >= 0.6 is 0 Å². The third-order valence-corrected chi connectivity index (χ3v) is 3.15. The molecule has 108 valence electrons. The van der Waals surface area contributed by atoms with E-state index in [-0.39, 0.29) is 23.2 Å². The molecule has 0 spiro atoms. The Labute approximate surface area is 122 Å². The normalized spacial score (nSPS) is 11.7. The van der Waals surface area contributed by atoms with E-state index in [1.54, 1.807) is 31.3 Å². The maximum Gasteiger partial charge on any atom is 0.273 e. The Hall–Kier alpha value is -2.76. The van der Waals surface area contributed by atoms with Crippen molar-refractivity contribution in [1.82, 2.24) is 10.3 Å². The van der Waals surface area contributed by atoms with Crippen LogP contribution in [0, 0.1) is 17.0 Å². The fraction of sp³-hybridized carbons (Fsp3) is 0.200. The monoisotopic (exact) mass is 285 g/mol. The molecule has 0 bridgehead atoms. The van der Waals surface area contributed by atoms with Gasteiger partial charge in [0.15, 0.2) is 0 Å². The highest BCUT2D eigenvalue weighted by molar-refractivity contribution is 5.95. The van der Waals surface area contributed by atoms with Gasteiger partial charge >= 0.3 is 0 Å². The van der Waals surface area contributed by atoms with Gasteiger partial charge in [0.25, 0.3) is 11.6 Å². The molecule has 1 atom stereocenters. The summed E-state index contributed by atoms with van der Waals surface area (Å²) in [7, 11) is 0. The molecule has 6 nitrogen and oxygen atoms in total. The summed E-state index contributed by atoms with van der Waals surface area (Å²) in [6, 6.07) is 9.59. The number of pyridine rings is 1. The lowest BCUT2D eigenvalue weighted by Gasteiger charge is -2.13. The van der Waals surface area contributed by atoms with Gasteiger partial charge in [-0.15, -0.1) is 0 Å². The minimum absolute atomic E-state index is 0.0619. The quantitative estimate of drug-likeness (QED) is 0.691. The number of carbonyl (C=O) groups is 1. The molecule has 1 N–H and O–H groups in total. The number of hydrogen-bond acceptors (Lipinski definition) is 4. The average Bonchev–Trinajstić information content (AvgIpc) is 2.48. The molecule has 1 amide bonds. The van der Waals surface area contributed by atoms with Crippen LogP contribution in [-0.2, 0) is 0 Å². The zero-order valence-corrected chi connectivity index (χ0v) is 11.7. The molecular formula is C15H15N3O3. The largest absolute Gasteiger partial charge is 0.344 e. The van der Waals surface area contributed by atoms with Crippen molar-refractivity contribution >= 4 is 11.6 Å². The maximum absolute atomic E-state index is 12.2. The first-order valence-corrected chi connectivity index (χ1v) is 6.46. The number of rotatable bonds is 4. The lowest BCUT2D eigenvalue weighted by molar-refractivity contribution is -0.385. The first-order valence-electron chi connectivity index (χ1n) is 6.46. The van der Waals surface area contributed by atoms with Gasteiger partial charge in [-0.3, -0.25) is 19.9 Å². The Morgan fingerprint density at radius 2 is 2.10 bits per heavy atom. The summed E-state index contributed by atoms with van der Waals surface area (Å²) in [6.45, 7) is 3.44. The third kappa shape index (κ3) is 3.42. The van der Waals surface area contributed by atoms with Crippen molar-refractivity contribution in [2.75, 3.05) is 0 Å². The van der Waals surface area contributed by atoms with Crippen LogP contribution in [0.3, 0.4) is 0 Å². The van der Waals surface area contributed by atoms with Crippen LogP contribution in [-0.4, -0.2) is 15.8 Å². The Morgan fingerprint density at radius 3 is 2.71 bits per heavy atom. The molecule has 0 unspecified atom stereocenters. The van der Waals surface area contributed by atoms with Crippen molar-refractivity contribution in [3.05, 3.63) is 69.5 Å². The summed E-state index contributed by atoms with van der Waals surface area (Å²) >= 11 is 0. The van der Waals surface area contributed by atoms with Gasteiger partial charge in [-0.05, 0) is 32.0 Å². The van der Waals surface area contributed by atoms with E-state index in [1.165, 1.54) is 6.07 Å². The highest BCUT2D eigenvalue weighted by Gasteiger charge is 2.17. The zero-order valence-electron chi connectivity index (χ0n) is 11.7. The molecule has 0 fully saturated rings. The molecule has 0 aliphatic carbocycles. The van der Waals surface area contributed by atoms with Gasteiger partial charge in [0.2, 0.25) is 0 Å². The number of nitrogens with one attached hydrogen (secondary N) is 1. The molecule has 1 heterocycles. The predicted molar refractivity (Wildman–Crippen MR) is 78.0 cm³/mol. The Kier molecular flexibility index (Phi) is 4.27. The van der Waals surface area contributed by atoms with Gasteiger partial charge in [-0.25, -0.2) is 0 Å². The highest BCUT2D eigenvalue weighted by atomic mass is 16.6. The van der Waals surface area contributed by atoms with Crippen LogP contribution < -0.4 is 5.32 Å². The van der Waals surface area contributed by atoms with Crippen LogP contribution in [0.25, 0.3) is 0 Å². The lowest BCUT2D eigenvalue weighted by atomic mass is 10.1. The summed E-state index contributed by atoms with van der Waals surface area (Å²) < 4.78 is 0. The van der Waals surface area contributed by atoms with Gasteiger partial charge in [0.1, 0.15) is 0 Å². The van der Waals surface area contributed by atoms with Crippen LogP contribution in [0.4, 0.5) is 5.69 Å². The van der Waals surface area contributed by atoms with Gasteiger partial charge in [0.05, 0.1) is 16.7 Å². The number of hydrogen-bond donors (Lipinski definition) is 1. The molecule has 0 saturated carbocycles. The average molecular weight is 285 g/mol. The van der Waals surface area contributed by atoms with Crippen molar-refractivity contribution in [1.29, 1.82) is 0 Å². The third-order valence-electron chi connectivity index (χ3n) is 3.15. The standard InChI is InChI=1S/C15H15N3O3/c1-10-6-7-12(9-14(10)18(20)21)15(19)17-11(2)13-5-3-4-8-16-13/h3-9,11H,1-2H3,(H,17,19)/t11-/m1/s1. The molecule has 0 aliphatic heterocycles. The number of nitro benzene ring substituents is 1. The SMILES string of the molecule is Cc1ccc(C(=O)N[C@H](C)c2ccccn2)cc1[N+](=O)[O-]. The predicted octanol–water partition coefficient (Wildman–Crippen LogP) is 2.79. The number of amides is 1. The van der Waals surface area contributed by atoms with Crippen molar-refractivity contribution in [2.24, 2.45) is 0 Å². The second kappa shape index (κ2) is 6.13. The molecule has 21 heavy (non-hydrogen) atoms. The molecule has 0 aliphatic rings. The first-order chi connectivity index (χ1) is 9.99. The van der Waals surface area contributed by atoms with Crippen molar-refractivity contribution in [2.45, 2.75) is 19.9 Å². The molecule has 2 aromatic rings. The van der Waals surface area contributed by atoms with Gasteiger partial charge < -0.3 is 5.32 Å². The summed E-state index contributed by atoms with van der Waals surface area (Å²) in [5.41, 5.74) is 1.45. The minimum Gasteiger partial charge on any atom is -0.344 e. The number of carbonyl (C=O) groups excluding carboxylic acids is 1. The van der Waals surface area contributed by atoms with Crippen LogP contribution in [0.2, 0.25) is 0 Å². The van der Waals surface area contributed by atoms with E-state index in [9.17, 15) is 14.9 Å². The number of aromatic nitrogens is 1. The van der Waals surface area contributed by atoms with Gasteiger partial charge in [-0.1, -0.05) is 12.1 Å². The van der Waals surface area contributed by atoms with E-state index in [0.717, 1.165) is 5.69 Å². The van der Waals surface area contributed by atoms with E-state index < -0.39 is 4.92 Å². The van der Waals surface area contributed by atoms with Crippen LogP contribution in [0.5, 0.6) is 0 Å². The molecule has 1 aromatic carbocycles. The van der Waals surface area contributed by atoms with Crippen molar-refractivity contribution in [3.8, 4) is 0 Å². The molecule has 1 aromatic heterocycles. The van der Waals surface area contributed by atoms with Crippen molar-refractivity contribution < 1.29 is 9.72 Å².